The maximum absolute atomic E-state index is 14.2. The van der Waals surface area contributed by atoms with Crippen LogP contribution in [-0.4, -0.2) is 151 Å². The Hall–Kier alpha value is -4.29. The lowest BCUT2D eigenvalue weighted by Gasteiger charge is -2.27. The van der Waals surface area contributed by atoms with Crippen LogP contribution in [0.25, 0.3) is 0 Å². The molecule has 88 heavy (non-hydrogen) atoms. The van der Waals surface area contributed by atoms with Gasteiger partial charge in [-0.25, -0.2) is 9.59 Å². The van der Waals surface area contributed by atoms with Crippen LogP contribution in [0.2, 0.25) is 0 Å². The number of carbonyl (C=O) groups excluding carboxylic acids is 7. The third kappa shape index (κ3) is 47.6. The van der Waals surface area contributed by atoms with E-state index in [1.807, 2.05) is 0 Å². The number of aliphatic hydroxyl groups excluding tert-OH is 1. The second kappa shape index (κ2) is 60.3. The van der Waals surface area contributed by atoms with Gasteiger partial charge in [-0.05, 0) is 116 Å². The van der Waals surface area contributed by atoms with Crippen molar-refractivity contribution in [2.45, 2.75) is 307 Å². The molecule has 0 aliphatic carbocycles. The van der Waals surface area contributed by atoms with E-state index in [-0.39, 0.29) is 56.9 Å². The lowest BCUT2D eigenvalue weighted by atomic mass is 10.0. The van der Waals surface area contributed by atoms with Crippen molar-refractivity contribution in [3.05, 3.63) is 0 Å². The number of ether oxygens (including phenoxy) is 1. The molecule has 23 heteroatoms. The van der Waals surface area contributed by atoms with Crippen molar-refractivity contribution in [3.8, 4) is 0 Å². The number of alkyl carbamates (subject to hydrolysis) is 1. The van der Waals surface area contributed by atoms with Gasteiger partial charge in [0.05, 0.1) is 13.2 Å². The first-order valence-corrected chi connectivity index (χ1v) is 35.8. The molecular formula is C65H127N11O11S. The fraction of sp³-hybridized carbons (Fsp3) is 0.877. The van der Waals surface area contributed by atoms with Crippen LogP contribution in [0, 0.1) is 0 Å². The molecule has 514 valence electrons. The smallest absolute Gasteiger partial charge is 0.407 e. The molecule has 0 radical (unpaired) electrons. The first-order valence-electron chi connectivity index (χ1n) is 34.7. The molecule has 0 spiro atoms. The molecule has 17 N–H and O–H groups in total. The third-order valence-corrected chi connectivity index (χ3v) is 16.9. The van der Waals surface area contributed by atoms with Crippen LogP contribution in [0.1, 0.15) is 271 Å². The molecule has 0 aromatic rings. The van der Waals surface area contributed by atoms with Crippen LogP contribution >= 0.6 is 11.8 Å². The molecule has 0 unspecified atom stereocenters. The van der Waals surface area contributed by atoms with E-state index in [1.165, 1.54) is 134 Å². The van der Waals surface area contributed by atoms with Gasteiger partial charge < -0.3 is 75.1 Å². The number of amides is 7. The molecule has 0 fully saturated rings. The second-order valence-corrected chi connectivity index (χ2v) is 25.0. The molecule has 7 amide bonds. The number of aliphatic hydroxyl groups is 1. The molecule has 0 aromatic carbocycles. The number of thioether (sulfide) groups is 1. The highest BCUT2D eigenvalue weighted by Crippen LogP contribution is 2.16. The largest absolute Gasteiger partial charge is 0.480 e. The zero-order valence-electron chi connectivity index (χ0n) is 54.9. The summed E-state index contributed by atoms with van der Waals surface area (Å²) in [6.07, 6.45) is 36.0. The van der Waals surface area contributed by atoms with Gasteiger partial charge >= 0.3 is 12.1 Å². The molecule has 22 nitrogen and oxygen atoms in total. The van der Waals surface area contributed by atoms with Crippen molar-refractivity contribution in [1.29, 1.82) is 0 Å². The summed E-state index contributed by atoms with van der Waals surface area (Å²) >= 11 is 1.30. The first-order chi connectivity index (χ1) is 42.7. The molecule has 6 atom stereocenters. The molecule has 0 aromatic heterocycles. The lowest BCUT2D eigenvalue weighted by molar-refractivity contribution is -0.142. The van der Waals surface area contributed by atoms with Gasteiger partial charge in [-0.15, -0.1) is 0 Å². The van der Waals surface area contributed by atoms with E-state index < -0.39 is 84.5 Å². The van der Waals surface area contributed by atoms with Crippen molar-refractivity contribution in [2.75, 3.05) is 57.4 Å². The minimum Gasteiger partial charge on any atom is -0.480 e. The van der Waals surface area contributed by atoms with Crippen LogP contribution in [0.4, 0.5) is 4.79 Å². The van der Waals surface area contributed by atoms with Gasteiger partial charge in [0.1, 0.15) is 36.3 Å². The quantitative estimate of drug-likeness (QED) is 0.0257. The summed E-state index contributed by atoms with van der Waals surface area (Å²) in [7, 11) is 0. The van der Waals surface area contributed by atoms with Gasteiger partial charge in [0, 0.05) is 24.5 Å². The Morgan fingerprint density at radius 2 is 0.705 bits per heavy atom. The highest BCUT2D eigenvalue weighted by Gasteiger charge is 2.33. The van der Waals surface area contributed by atoms with Crippen molar-refractivity contribution >= 4 is 59.3 Å². The van der Waals surface area contributed by atoms with Crippen LogP contribution < -0.4 is 60.2 Å². The normalized spacial score (nSPS) is 13.3. The lowest BCUT2D eigenvalue weighted by Crippen LogP contribution is -2.60. The van der Waals surface area contributed by atoms with E-state index in [0.717, 1.165) is 44.9 Å². The monoisotopic (exact) mass is 1270 g/mol. The molecule has 0 saturated carbocycles. The van der Waals surface area contributed by atoms with Crippen molar-refractivity contribution in [2.24, 2.45) is 22.9 Å². The second-order valence-electron chi connectivity index (χ2n) is 23.8. The van der Waals surface area contributed by atoms with Crippen molar-refractivity contribution in [3.63, 3.8) is 0 Å². The molecular weight excluding hydrogens is 1140 g/mol. The Balaban J connectivity index is 5.91. The number of carbonyl (C=O) groups is 8. The molecule has 0 rings (SSSR count). The Bertz CT molecular complexity index is 1790. The molecule has 0 bridgehead atoms. The van der Waals surface area contributed by atoms with E-state index in [4.69, 9.17) is 27.7 Å². The molecule has 0 aliphatic heterocycles. The van der Waals surface area contributed by atoms with Gasteiger partial charge in [0.25, 0.3) is 0 Å². The third-order valence-electron chi connectivity index (χ3n) is 15.8. The minimum atomic E-state index is -1.56. The average Bonchev–Trinajstić information content (AvgIpc) is 3.68. The molecule has 0 saturated heterocycles. The summed E-state index contributed by atoms with van der Waals surface area (Å²) < 4.78 is 5.40. The Morgan fingerprint density at radius 3 is 1.07 bits per heavy atom. The highest BCUT2D eigenvalue weighted by atomic mass is 32.2. The summed E-state index contributed by atoms with van der Waals surface area (Å²) in [5.74, 6) is -4.94. The van der Waals surface area contributed by atoms with Crippen LogP contribution in [0.3, 0.4) is 0 Å². The van der Waals surface area contributed by atoms with Gasteiger partial charge in [-0.3, -0.25) is 28.8 Å². The van der Waals surface area contributed by atoms with Gasteiger partial charge in [-0.2, -0.15) is 11.8 Å². The van der Waals surface area contributed by atoms with Gasteiger partial charge in [0.2, 0.25) is 35.4 Å². The number of hydrogen-bond donors (Lipinski definition) is 13. The number of rotatable bonds is 63. The van der Waals surface area contributed by atoms with E-state index in [0.29, 0.717) is 89.8 Å². The number of nitrogens with one attached hydrogen (secondary N) is 7. The Kier molecular flexibility index (Phi) is 57.3. The number of hydrogen-bond acceptors (Lipinski definition) is 15. The maximum Gasteiger partial charge on any atom is 0.407 e. The highest BCUT2D eigenvalue weighted by molar-refractivity contribution is 7.99. The van der Waals surface area contributed by atoms with Crippen molar-refractivity contribution in [1.82, 2.24) is 37.2 Å². The van der Waals surface area contributed by atoms with Crippen LogP contribution in [0.15, 0.2) is 0 Å². The van der Waals surface area contributed by atoms with Crippen LogP contribution in [-0.2, 0) is 38.3 Å². The number of carboxylic acid groups (broad SMARTS) is 1. The zero-order valence-corrected chi connectivity index (χ0v) is 55.7. The van der Waals surface area contributed by atoms with Crippen molar-refractivity contribution < 1.29 is 53.3 Å². The number of unbranched alkanes of at least 4 members (excludes halogenated alkanes) is 29. The average molecular weight is 1270 g/mol. The van der Waals surface area contributed by atoms with E-state index in [1.54, 1.807) is 0 Å². The number of carboxylic acids is 1. The maximum atomic E-state index is 14.2. The fourth-order valence-corrected chi connectivity index (χ4v) is 11.2. The predicted octanol–water partition coefficient (Wildman–Crippen LogP) is 7.91. The first kappa shape index (κ1) is 83.7. The Morgan fingerprint density at radius 1 is 0.386 bits per heavy atom. The minimum absolute atomic E-state index is 0.0679. The summed E-state index contributed by atoms with van der Waals surface area (Å²) in [6, 6.07) is -7.56. The van der Waals surface area contributed by atoms with E-state index in [9.17, 15) is 48.6 Å². The molecule has 0 heterocycles. The summed E-state index contributed by atoms with van der Waals surface area (Å²) in [5, 5.41) is 39.2. The number of aliphatic carboxylic acids is 1. The standard InChI is InChI=1S/C65H127N11O11S/c1-3-5-7-9-11-13-15-17-19-21-23-25-27-37-48-87-65(86)70-47-49-88-51-57(71-58(78)42-28-26-24-22-20-18-16-14-12-10-8-6-4-2)63(83)76-56(50-77)62(82)74-53(39-30-34-44-67)60(80)72-52(38-29-33-43-66)59(79)73-54(40-31-35-45-68)61(81)75-55(64(84)85)41-32-36-46-69/h52-57,77H,3-51,66-69H2,1-2H3,(H,70,86)(H,71,78)(H,72,80)(H,73,79)(H,74,82)(H,75,81)(H,76,83)(H,84,85)/t52-,53-,54-,55-,56+,57+/m0/s1. The van der Waals surface area contributed by atoms with Gasteiger partial charge in [-0.1, -0.05) is 174 Å². The Labute approximate surface area is 534 Å². The topological polar surface area (TPSA) is 375 Å². The summed E-state index contributed by atoms with van der Waals surface area (Å²) in [5.41, 5.74) is 22.9. The summed E-state index contributed by atoms with van der Waals surface area (Å²) in [6.45, 7) is 5.44. The van der Waals surface area contributed by atoms with Gasteiger partial charge in [0.15, 0.2) is 0 Å². The van der Waals surface area contributed by atoms with E-state index in [2.05, 4.69) is 51.1 Å². The molecule has 0 aliphatic rings. The van der Waals surface area contributed by atoms with Crippen LogP contribution in [0.5, 0.6) is 0 Å². The SMILES string of the molecule is CCCCCCCCCCCCCCCCOC(=O)NCCSC[C@@H](NC(=O)CCCCCCCCCCCCCCC)C(=O)N[C@H](CO)C(=O)N[C@@H](CCCCN)C(=O)N[C@@H](CCCCN)C(=O)N[C@@H](CCCCN)C(=O)N[C@@H](CCCCN)C(=O)O. The number of nitrogens with two attached hydrogens (primary N) is 4. The predicted molar refractivity (Wildman–Crippen MR) is 355 cm³/mol. The zero-order chi connectivity index (χ0) is 65.1. The van der Waals surface area contributed by atoms with E-state index >= 15 is 0 Å². The summed E-state index contributed by atoms with van der Waals surface area (Å²) in [4.78, 5) is 108. The fourth-order valence-electron chi connectivity index (χ4n) is 10.3.